The van der Waals surface area contributed by atoms with Crippen molar-refractivity contribution in [3.05, 3.63) is 17.3 Å². The standard InChI is InChI=1S/C13H20N4OS/c1-2-3-5-17(6-7-18)9-11-15-12(14)10-4-8-19-13(10)16-11/h4,8,18H,2-3,5-7,9H2,1H3,(H2,14,15,16). The van der Waals surface area contributed by atoms with Crippen LogP contribution in [0.3, 0.4) is 0 Å². The van der Waals surface area contributed by atoms with E-state index in [1.807, 2.05) is 11.4 Å². The van der Waals surface area contributed by atoms with Gasteiger partial charge in [-0.2, -0.15) is 0 Å². The summed E-state index contributed by atoms with van der Waals surface area (Å²) in [5.41, 5.74) is 5.94. The summed E-state index contributed by atoms with van der Waals surface area (Å²) in [7, 11) is 0. The van der Waals surface area contributed by atoms with Gasteiger partial charge in [0.15, 0.2) is 0 Å². The number of hydrogen-bond donors (Lipinski definition) is 2. The molecule has 0 saturated heterocycles. The number of thiophene rings is 1. The molecule has 0 spiro atoms. The summed E-state index contributed by atoms with van der Waals surface area (Å²) in [5.74, 6) is 1.28. The van der Waals surface area contributed by atoms with Gasteiger partial charge in [0.05, 0.1) is 18.5 Å². The summed E-state index contributed by atoms with van der Waals surface area (Å²) < 4.78 is 0. The molecule has 0 saturated carbocycles. The Morgan fingerprint density at radius 3 is 2.95 bits per heavy atom. The Hall–Kier alpha value is -1.24. The van der Waals surface area contributed by atoms with E-state index >= 15 is 0 Å². The molecule has 104 valence electrons. The van der Waals surface area contributed by atoms with E-state index in [-0.39, 0.29) is 6.61 Å². The Bertz CT molecular complexity index is 528. The lowest BCUT2D eigenvalue weighted by atomic mass is 10.3. The summed E-state index contributed by atoms with van der Waals surface area (Å²) in [6.07, 6.45) is 2.24. The number of nitrogens with two attached hydrogens (primary N) is 1. The molecule has 5 nitrogen and oxygen atoms in total. The van der Waals surface area contributed by atoms with Crippen molar-refractivity contribution in [1.29, 1.82) is 0 Å². The fourth-order valence-corrected chi connectivity index (χ4v) is 2.78. The number of rotatable bonds is 7. The number of nitrogen functional groups attached to an aromatic ring is 1. The van der Waals surface area contributed by atoms with Gasteiger partial charge in [-0.25, -0.2) is 9.97 Å². The molecule has 2 rings (SSSR count). The molecular weight excluding hydrogens is 260 g/mol. The third-order valence-corrected chi connectivity index (χ3v) is 3.82. The minimum Gasteiger partial charge on any atom is -0.395 e. The van der Waals surface area contributed by atoms with E-state index in [0.29, 0.717) is 18.9 Å². The van der Waals surface area contributed by atoms with Gasteiger partial charge in [-0.1, -0.05) is 13.3 Å². The molecule has 0 bridgehead atoms. The Morgan fingerprint density at radius 1 is 1.37 bits per heavy atom. The molecule has 3 N–H and O–H groups in total. The van der Waals surface area contributed by atoms with Crippen LogP contribution in [0, 0.1) is 0 Å². The summed E-state index contributed by atoms with van der Waals surface area (Å²) in [6, 6.07) is 1.95. The first-order chi connectivity index (χ1) is 9.24. The first kappa shape index (κ1) is 14.2. The molecular formula is C13H20N4OS. The average molecular weight is 280 g/mol. The van der Waals surface area contributed by atoms with Crippen molar-refractivity contribution in [2.75, 3.05) is 25.4 Å². The number of aliphatic hydroxyl groups excluding tert-OH is 1. The van der Waals surface area contributed by atoms with Crippen LogP contribution in [-0.2, 0) is 6.54 Å². The van der Waals surface area contributed by atoms with Gasteiger partial charge in [0.25, 0.3) is 0 Å². The number of hydrogen-bond acceptors (Lipinski definition) is 6. The van der Waals surface area contributed by atoms with Gasteiger partial charge in [0.2, 0.25) is 0 Å². The molecule has 0 amide bonds. The van der Waals surface area contributed by atoms with Crippen molar-refractivity contribution in [2.24, 2.45) is 0 Å². The van der Waals surface area contributed by atoms with E-state index < -0.39 is 0 Å². The first-order valence-corrected chi connectivity index (χ1v) is 7.45. The zero-order valence-corrected chi connectivity index (χ0v) is 12.0. The van der Waals surface area contributed by atoms with E-state index in [4.69, 9.17) is 10.8 Å². The third kappa shape index (κ3) is 3.62. The highest BCUT2D eigenvalue weighted by Gasteiger charge is 2.10. The van der Waals surface area contributed by atoms with Gasteiger partial charge in [0.1, 0.15) is 16.5 Å². The SMILES string of the molecule is CCCCN(CCO)Cc1nc(N)c2ccsc2n1. The molecule has 0 aliphatic carbocycles. The maximum absolute atomic E-state index is 9.10. The highest BCUT2D eigenvalue weighted by molar-refractivity contribution is 7.16. The molecule has 0 aliphatic heterocycles. The first-order valence-electron chi connectivity index (χ1n) is 6.57. The molecule has 2 aromatic rings. The van der Waals surface area contributed by atoms with E-state index in [1.54, 1.807) is 11.3 Å². The fourth-order valence-electron chi connectivity index (χ4n) is 1.99. The van der Waals surface area contributed by atoms with Gasteiger partial charge in [0, 0.05) is 6.54 Å². The van der Waals surface area contributed by atoms with Crippen LogP contribution in [0.15, 0.2) is 11.4 Å². The van der Waals surface area contributed by atoms with E-state index in [1.165, 1.54) is 0 Å². The summed E-state index contributed by atoms with van der Waals surface area (Å²) in [4.78, 5) is 12.0. The second kappa shape index (κ2) is 6.79. The van der Waals surface area contributed by atoms with Crippen molar-refractivity contribution in [3.63, 3.8) is 0 Å². The Labute approximate surface area is 117 Å². The molecule has 2 heterocycles. The predicted molar refractivity (Wildman–Crippen MR) is 79.1 cm³/mol. The minimum absolute atomic E-state index is 0.153. The summed E-state index contributed by atoms with van der Waals surface area (Å²) in [5, 5.41) is 12.0. The van der Waals surface area contributed by atoms with Crippen LogP contribution in [0.4, 0.5) is 5.82 Å². The van der Waals surface area contributed by atoms with Crippen molar-refractivity contribution < 1.29 is 5.11 Å². The number of aliphatic hydroxyl groups is 1. The van der Waals surface area contributed by atoms with Crippen LogP contribution in [0.25, 0.3) is 10.2 Å². The Balaban J connectivity index is 2.13. The molecule has 0 unspecified atom stereocenters. The van der Waals surface area contributed by atoms with Gasteiger partial charge in [-0.05, 0) is 24.4 Å². The lowest BCUT2D eigenvalue weighted by Crippen LogP contribution is -2.28. The van der Waals surface area contributed by atoms with Gasteiger partial charge < -0.3 is 10.8 Å². The molecule has 0 atom stereocenters. The Morgan fingerprint density at radius 2 is 2.21 bits per heavy atom. The van der Waals surface area contributed by atoms with Crippen LogP contribution >= 0.6 is 11.3 Å². The predicted octanol–water partition coefficient (Wildman–Crippen LogP) is 1.87. The monoisotopic (exact) mass is 280 g/mol. The van der Waals surface area contributed by atoms with Crippen LogP contribution in [-0.4, -0.2) is 39.7 Å². The molecule has 0 aliphatic rings. The largest absolute Gasteiger partial charge is 0.395 e. The lowest BCUT2D eigenvalue weighted by Gasteiger charge is -2.20. The summed E-state index contributed by atoms with van der Waals surface area (Å²) in [6.45, 7) is 4.54. The van der Waals surface area contributed by atoms with E-state index in [2.05, 4.69) is 21.8 Å². The molecule has 2 aromatic heterocycles. The van der Waals surface area contributed by atoms with Crippen molar-refractivity contribution in [2.45, 2.75) is 26.3 Å². The van der Waals surface area contributed by atoms with Crippen molar-refractivity contribution >= 4 is 27.4 Å². The maximum atomic E-state index is 9.10. The highest BCUT2D eigenvalue weighted by Crippen LogP contribution is 2.23. The zero-order chi connectivity index (χ0) is 13.7. The van der Waals surface area contributed by atoms with E-state index in [9.17, 15) is 0 Å². The zero-order valence-electron chi connectivity index (χ0n) is 11.2. The topological polar surface area (TPSA) is 75.3 Å². The fraction of sp³-hybridized carbons (Fsp3) is 0.538. The van der Waals surface area contributed by atoms with Crippen LogP contribution in [0.1, 0.15) is 25.6 Å². The third-order valence-electron chi connectivity index (χ3n) is 3.01. The molecule has 19 heavy (non-hydrogen) atoms. The van der Waals surface area contributed by atoms with E-state index in [0.717, 1.165) is 35.4 Å². The number of unbranched alkanes of at least 4 members (excludes halogenated alkanes) is 1. The van der Waals surface area contributed by atoms with Gasteiger partial charge in [-0.3, -0.25) is 4.90 Å². The second-order valence-corrected chi connectivity index (χ2v) is 5.41. The molecule has 0 aromatic carbocycles. The van der Waals surface area contributed by atoms with Crippen LogP contribution in [0.5, 0.6) is 0 Å². The van der Waals surface area contributed by atoms with Crippen molar-refractivity contribution in [1.82, 2.24) is 14.9 Å². The number of fused-ring (bicyclic) bond motifs is 1. The average Bonchev–Trinajstić information content (AvgIpc) is 2.85. The Kier molecular flexibility index (Phi) is 5.07. The number of anilines is 1. The maximum Gasteiger partial charge on any atom is 0.146 e. The molecule has 0 fully saturated rings. The van der Waals surface area contributed by atoms with Crippen molar-refractivity contribution in [3.8, 4) is 0 Å². The van der Waals surface area contributed by atoms with Gasteiger partial charge in [-0.15, -0.1) is 11.3 Å². The second-order valence-electron chi connectivity index (χ2n) is 4.52. The molecule has 6 heteroatoms. The smallest absolute Gasteiger partial charge is 0.146 e. The minimum atomic E-state index is 0.153. The van der Waals surface area contributed by atoms with Crippen LogP contribution < -0.4 is 5.73 Å². The lowest BCUT2D eigenvalue weighted by molar-refractivity contribution is 0.185. The molecule has 0 radical (unpaired) electrons. The quantitative estimate of drug-likeness (QED) is 0.810. The summed E-state index contributed by atoms with van der Waals surface area (Å²) >= 11 is 1.57. The number of nitrogens with zero attached hydrogens (tertiary/aromatic N) is 3. The highest BCUT2D eigenvalue weighted by atomic mass is 32.1. The normalized spacial score (nSPS) is 11.5. The number of aromatic nitrogens is 2. The van der Waals surface area contributed by atoms with Crippen LogP contribution in [0.2, 0.25) is 0 Å². The van der Waals surface area contributed by atoms with Gasteiger partial charge >= 0.3 is 0 Å².